The Morgan fingerprint density at radius 3 is 2.72 bits per heavy atom. The molecule has 1 aromatic rings. The second-order valence-corrected chi connectivity index (χ2v) is 4.61. The van der Waals surface area contributed by atoms with Gasteiger partial charge in [0.1, 0.15) is 12.0 Å². The fourth-order valence-electron chi connectivity index (χ4n) is 2.17. The zero-order valence-electron chi connectivity index (χ0n) is 10.8. The SMILES string of the molecule is CC1CCC(=C[NH+](C)C)c2nccc(=O)n21.[Cl-].[Cl-]. The van der Waals surface area contributed by atoms with Gasteiger partial charge in [0.05, 0.1) is 14.1 Å². The van der Waals surface area contributed by atoms with Crippen LogP contribution >= 0.6 is 0 Å². The Morgan fingerprint density at radius 1 is 1.44 bits per heavy atom. The quantitative estimate of drug-likeness (QED) is 0.560. The number of nitrogens with one attached hydrogen (secondary N) is 1. The predicted octanol–water partition coefficient (Wildman–Crippen LogP) is -5.91. The maximum Gasteiger partial charge on any atom is 0.253 e. The van der Waals surface area contributed by atoms with E-state index in [-0.39, 0.29) is 36.4 Å². The molecule has 1 aromatic heterocycles. The molecule has 18 heavy (non-hydrogen) atoms. The standard InChI is InChI=1S/C12H17N3O.2ClH/c1-9-4-5-10(8-14(2)3)12-13-7-6-11(16)15(9)12;;/h6-9H,4-5H2,1-3H3;2*1H/p-1. The van der Waals surface area contributed by atoms with Gasteiger partial charge >= 0.3 is 0 Å². The highest BCUT2D eigenvalue weighted by molar-refractivity contribution is 5.59. The Hall–Kier alpha value is -0.840. The van der Waals surface area contributed by atoms with E-state index in [4.69, 9.17) is 0 Å². The molecule has 0 spiro atoms. The van der Waals surface area contributed by atoms with Crippen molar-refractivity contribution >= 4 is 5.57 Å². The van der Waals surface area contributed by atoms with Crippen molar-refractivity contribution in [2.24, 2.45) is 0 Å². The van der Waals surface area contributed by atoms with Crippen LogP contribution in [0.1, 0.15) is 31.6 Å². The van der Waals surface area contributed by atoms with E-state index in [1.54, 1.807) is 10.8 Å². The van der Waals surface area contributed by atoms with Gasteiger partial charge in [0.2, 0.25) is 0 Å². The Kier molecular flexibility index (Phi) is 6.60. The predicted molar refractivity (Wildman–Crippen MR) is 63.2 cm³/mol. The summed E-state index contributed by atoms with van der Waals surface area (Å²) in [6.45, 7) is 2.08. The summed E-state index contributed by atoms with van der Waals surface area (Å²) in [4.78, 5) is 17.4. The van der Waals surface area contributed by atoms with Gasteiger partial charge < -0.3 is 29.7 Å². The molecule has 4 nitrogen and oxygen atoms in total. The summed E-state index contributed by atoms with van der Waals surface area (Å²) in [6.07, 6.45) is 5.75. The van der Waals surface area contributed by atoms with Crippen molar-refractivity contribution in [1.82, 2.24) is 9.55 Å². The van der Waals surface area contributed by atoms with Gasteiger partial charge in [-0.15, -0.1) is 0 Å². The average Bonchev–Trinajstić information content (AvgIpc) is 2.22. The van der Waals surface area contributed by atoms with Crippen LogP contribution in [0.4, 0.5) is 0 Å². The number of fused-ring (bicyclic) bond motifs is 1. The van der Waals surface area contributed by atoms with Crippen molar-refractivity contribution in [3.05, 3.63) is 34.6 Å². The molecule has 0 saturated carbocycles. The van der Waals surface area contributed by atoms with Crippen molar-refractivity contribution < 1.29 is 29.7 Å². The summed E-state index contributed by atoms with van der Waals surface area (Å²) in [6, 6.07) is 1.79. The van der Waals surface area contributed by atoms with Crippen LogP contribution in [-0.4, -0.2) is 23.6 Å². The van der Waals surface area contributed by atoms with E-state index in [9.17, 15) is 4.79 Å². The maximum absolute atomic E-state index is 11.8. The second-order valence-electron chi connectivity index (χ2n) is 4.61. The minimum Gasteiger partial charge on any atom is -1.00 e. The second kappa shape index (κ2) is 6.92. The van der Waals surface area contributed by atoms with Gasteiger partial charge in [0.25, 0.3) is 5.56 Å². The third-order valence-corrected chi connectivity index (χ3v) is 2.90. The summed E-state index contributed by atoms with van der Waals surface area (Å²) in [5.41, 5.74) is 1.23. The smallest absolute Gasteiger partial charge is 0.253 e. The minimum absolute atomic E-state index is 0. The van der Waals surface area contributed by atoms with Gasteiger partial charge in [-0.25, -0.2) is 4.98 Å². The molecule has 2 heterocycles. The molecule has 0 fully saturated rings. The highest BCUT2D eigenvalue weighted by atomic mass is 35.5. The fourth-order valence-corrected chi connectivity index (χ4v) is 2.17. The topological polar surface area (TPSA) is 39.3 Å². The van der Waals surface area contributed by atoms with Gasteiger partial charge in [0, 0.05) is 23.9 Å². The van der Waals surface area contributed by atoms with Crippen LogP contribution in [0.2, 0.25) is 0 Å². The van der Waals surface area contributed by atoms with Gasteiger partial charge in [-0.05, 0) is 19.8 Å². The summed E-state index contributed by atoms with van der Waals surface area (Å²) >= 11 is 0. The maximum atomic E-state index is 11.8. The molecule has 0 aliphatic carbocycles. The van der Waals surface area contributed by atoms with E-state index in [1.165, 1.54) is 16.5 Å². The van der Waals surface area contributed by atoms with Crippen molar-refractivity contribution in [2.45, 2.75) is 25.8 Å². The number of hydrogen-bond donors (Lipinski definition) is 1. The van der Waals surface area contributed by atoms with Crippen molar-refractivity contribution in [1.29, 1.82) is 0 Å². The van der Waals surface area contributed by atoms with E-state index >= 15 is 0 Å². The van der Waals surface area contributed by atoms with Crippen LogP contribution in [-0.2, 0) is 0 Å². The van der Waals surface area contributed by atoms with Crippen LogP contribution in [0.25, 0.3) is 5.57 Å². The van der Waals surface area contributed by atoms with E-state index in [0.29, 0.717) is 0 Å². The van der Waals surface area contributed by atoms with Crippen LogP contribution in [0.3, 0.4) is 0 Å². The molecule has 0 amide bonds. The lowest BCUT2D eigenvalue weighted by Crippen LogP contribution is -3.00. The van der Waals surface area contributed by atoms with Gasteiger partial charge in [-0.2, -0.15) is 0 Å². The van der Waals surface area contributed by atoms with Crippen LogP contribution < -0.4 is 35.3 Å². The van der Waals surface area contributed by atoms with Gasteiger partial charge in [-0.3, -0.25) is 9.36 Å². The molecule has 0 saturated heterocycles. The summed E-state index contributed by atoms with van der Waals surface area (Å²) in [5, 5.41) is 0. The monoisotopic (exact) mass is 290 g/mol. The molecule has 1 aliphatic rings. The number of quaternary nitrogens is 1. The molecule has 2 rings (SSSR count). The zero-order chi connectivity index (χ0) is 11.7. The fraction of sp³-hybridized carbons (Fsp3) is 0.500. The first-order valence-electron chi connectivity index (χ1n) is 5.68. The lowest BCUT2D eigenvalue weighted by atomic mass is 10.0. The van der Waals surface area contributed by atoms with Crippen molar-refractivity contribution in [2.75, 3.05) is 14.1 Å². The van der Waals surface area contributed by atoms with E-state index in [0.717, 1.165) is 18.7 Å². The highest BCUT2D eigenvalue weighted by Gasteiger charge is 2.22. The van der Waals surface area contributed by atoms with Crippen LogP contribution in [0.15, 0.2) is 23.3 Å². The first-order chi connectivity index (χ1) is 7.59. The number of rotatable bonds is 1. The Morgan fingerprint density at radius 2 is 2.11 bits per heavy atom. The highest BCUT2D eigenvalue weighted by Crippen LogP contribution is 2.28. The number of aromatic nitrogens is 2. The molecule has 1 aliphatic heterocycles. The molecule has 6 heteroatoms. The van der Waals surface area contributed by atoms with Crippen LogP contribution in [0.5, 0.6) is 0 Å². The molecular weight excluding hydrogens is 273 g/mol. The number of hydrogen-bond acceptors (Lipinski definition) is 2. The Bertz CT molecular complexity index is 482. The summed E-state index contributed by atoms with van der Waals surface area (Å²) in [5.74, 6) is 0.840. The Balaban J connectivity index is 0.00000144. The third kappa shape index (κ3) is 3.34. The van der Waals surface area contributed by atoms with E-state index in [2.05, 4.69) is 32.2 Å². The Labute approximate surface area is 120 Å². The normalized spacial score (nSPS) is 20.0. The zero-order valence-corrected chi connectivity index (χ0v) is 12.3. The third-order valence-electron chi connectivity index (χ3n) is 2.90. The molecule has 0 aromatic carbocycles. The number of allylic oxidation sites excluding steroid dienone is 1. The average molecular weight is 291 g/mol. The summed E-state index contributed by atoms with van der Waals surface area (Å²) < 4.78 is 1.80. The van der Waals surface area contributed by atoms with E-state index < -0.39 is 0 Å². The summed E-state index contributed by atoms with van der Waals surface area (Å²) in [7, 11) is 4.13. The largest absolute Gasteiger partial charge is 1.00 e. The molecule has 1 N–H and O–H groups in total. The van der Waals surface area contributed by atoms with Gasteiger partial charge in [0.15, 0.2) is 0 Å². The van der Waals surface area contributed by atoms with Crippen molar-refractivity contribution in [3.8, 4) is 0 Å². The molecule has 0 bridgehead atoms. The molecular formula is C12H18Cl2N3O-. The first kappa shape index (κ1) is 17.2. The molecule has 102 valence electrons. The first-order valence-corrected chi connectivity index (χ1v) is 5.68. The van der Waals surface area contributed by atoms with Gasteiger partial charge in [-0.1, -0.05) is 0 Å². The molecule has 0 radical (unpaired) electrons. The minimum atomic E-state index is 0. The van der Waals surface area contributed by atoms with E-state index in [1.807, 2.05) is 0 Å². The van der Waals surface area contributed by atoms with Crippen molar-refractivity contribution in [3.63, 3.8) is 0 Å². The molecule has 1 unspecified atom stereocenters. The number of halogens is 2. The molecule has 1 atom stereocenters. The van der Waals surface area contributed by atoms with Crippen LogP contribution in [0, 0.1) is 0 Å². The number of nitrogens with zero attached hydrogens (tertiary/aromatic N) is 2. The lowest BCUT2D eigenvalue weighted by molar-refractivity contribution is -0.800. The lowest BCUT2D eigenvalue weighted by Gasteiger charge is -2.25.